The monoisotopic (exact) mass is 328 g/mol. The van der Waals surface area contributed by atoms with E-state index in [1.807, 2.05) is 0 Å². The Bertz CT molecular complexity index is 736. The summed E-state index contributed by atoms with van der Waals surface area (Å²) in [6.45, 7) is 0. The van der Waals surface area contributed by atoms with Crippen LogP contribution in [0.15, 0.2) is 30.5 Å². The molecule has 0 unspecified atom stereocenters. The number of rotatable bonds is 4. The van der Waals surface area contributed by atoms with Gasteiger partial charge in [-0.1, -0.05) is 23.2 Å². The molecule has 1 N–H and O–H groups in total. The largest absolute Gasteiger partial charge is 0.478 e. The number of nitro groups is 1. The van der Waals surface area contributed by atoms with Gasteiger partial charge in [-0.15, -0.1) is 0 Å². The molecule has 1 aromatic heterocycles. The Hall–Kier alpha value is -2.38. The van der Waals surface area contributed by atoms with Gasteiger partial charge in [-0.25, -0.2) is 9.78 Å². The Morgan fingerprint density at radius 3 is 2.62 bits per heavy atom. The molecular formula is C12H6Cl2N2O5. The van der Waals surface area contributed by atoms with Crippen LogP contribution in [0.4, 0.5) is 5.69 Å². The third-order valence-electron chi connectivity index (χ3n) is 2.38. The van der Waals surface area contributed by atoms with Crippen molar-refractivity contribution < 1.29 is 19.6 Å². The summed E-state index contributed by atoms with van der Waals surface area (Å²) >= 11 is 11.5. The predicted octanol–water partition coefficient (Wildman–Crippen LogP) is 3.79. The van der Waals surface area contributed by atoms with E-state index in [1.165, 1.54) is 24.4 Å². The van der Waals surface area contributed by atoms with Crippen molar-refractivity contribution in [2.75, 3.05) is 0 Å². The second-order valence-corrected chi connectivity index (χ2v) is 4.63. The highest BCUT2D eigenvalue weighted by Gasteiger charge is 2.19. The van der Waals surface area contributed by atoms with E-state index in [9.17, 15) is 14.9 Å². The zero-order valence-electron chi connectivity index (χ0n) is 10.1. The van der Waals surface area contributed by atoms with E-state index in [-0.39, 0.29) is 27.2 Å². The van der Waals surface area contributed by atoms with Gasteiger partial charge in [0.15, 0.2) is 0 Å². The molecule has 21 heavy (non-hydrogen) atoms. The minimum Gasteiger partial charge on any atom is -0.478 e. The summed E-state index contributed by atoms with van der Waals surface area (Å²) in [4.78, 5) is 24.7. The maximum atomic E-state index is 10.9. The Balaban J connectivity index is 2.39. The Kier molecular flexibility index (Phi) is 4.25. The van der Waals surface area contributed by atoms with E-state index in [0.717, 1.165) is 6.07 Å². The normalized spacial score (nSPS) is 10.2. The first-order chi connectivity index (χ1) is 9.88. The molecule has 0 radical (unpaired) electrons. The van der Waals surface area contributed by atoms with Crippen LogP contribution in [0.5, 0.6) is 11.6 Å². The lowest BCUT2D eigenvalue weighted by Gasteiger charge is -2.07. The number of hydrogen-bond donors (Lipinski definition) is 1. The fraction of sp³-hybridized carbons (Fsp3) is 0. The van der Waals surface area contributed by atoms with E-state index in [1.54, 1.807) is 0 Å². The van der Waals surface area contributed by atoms with Crippen molar-refractivity contribution in [1.29, 1.82) is 0 Å². The predicted molar refractivity (Wildman–Crippen MR) is 74.4 cm³/mol. The smallest absolute Gasteiger partial charge is 0.335 e. The summed E-state index contributed by atoms with van der Waals surface area (Å²) in [6.07, 6.45) is 1.18. The molecule has 0 saturated heterocycles. The van der Waals surface area contributed by atoms with Gasteiger partial charge < -0.3 is 9.84 Å². The number of benzene rings is 1. The van der Waals surface area contributed by atoms with Crippen LogP contribution in [0, 0.1) is 10.1 Å². The molecule has 0 fully saturated rings. The summed E-state index contributed by atoms with van der Waals surface area (Å²) in [5.41, 5.74) is -0.466. The van der Waals surface area contributed by atoms with Gasteiger partial charge in [0.25, 0.3) is 5.88 Å². The first-order valence-corrected chi connectivity index (χ1v) is 6.14. The van der Waals surface area contributed by atoms with Crippen LogP contribution in [0.1, 0.15) is 10.4 Å². The SMILES string of the molecule is O=C(O)c1ccc(Oc2ncc(Cl)cc2[N+](=O)[O-])c(Cl)c1. The topological polar surface area (TPSA) is 103 Å². The van der Waals surface area contributed by atoms with Gasteiger partial charge in [0.1, 0.15) is 5.75 Å². The molecule has 0 amide bonds. The van der Waals surface area contributed by atoms with Crippen LogP contribution < -0.4 is 4.74 Å². The summed E-state index contributed by atoms with van der Waals surface area (Å²) in [5.74, 6) is -1.41. The third kappa shape index (κ3) is 3.39. The van der Waals surface area contributed by atoms with Gasteiger partial charge in [-0.3, -0.25) is 10.1 Å². The highest BCUT2D eigenvalue weighted by molar-refractivity contribution is 6.32. The van der Waals surface area contributed by atoms with E-state index in [0.29, 0.717) is 0 Å². The molecule has 0 bridgehead atoms. The number of ether oxygens (including phenoxy) is 1. The highest BCUT2D eigenvalue weighted by atomic mass is 35.5. The van der Waals surface area contributed by atoms with Crippen LogP contribution in [0.2, 0.25) is 10.0 Å². The maximum Gasteiger partial charge on any atom is 0.335 e. The standard InChI is InChI=1S/C12H6Cl2N2O5/c13-7-4-9(16(19)20)11(15-5-7)21-10-2-1-6(12(17)18)3-8(10)14/h1-5H,(H,17,18). The number of pyridine rings is 1. The number of carbonyl (C=O) groups is 1. The molecule has 2 rings (SSSR count). The number of carboxylic acid groups (broad SMARTS) is 1. The van der Waals surface area contributed by atoms with Gasteiger partial charge in [-0.2, -0.15) is 0 Å². The van der Waals surface area contributed by atoms with E-state index in [4.69, 9.17) is 33.0 Å². The number of hydrogen-bond acceptors (Lipinski definition) is 5. The summed E-state index contributed by atoms with van der Waals surface area (Å²) in [7, 11) is 0. The number of aromatic carboxylic acids is 1. The molecule has 0 aliphatic carbocycles. The lowest BCUT2D eigenvalue weighted by molar-refractivity contribution is -0.386. The van der Waals surface area contributed by atoms with Gasteiger partial charge >= 0.3 is 11.7 Å². The lowest BCUT2D eigenvalue weighted by Crippen LogP contribution is -1.98. The molecule has 0 spiro atoms. The minimum absolute atomic E-state index is 0.0130. The molecule has 2 aromatic rings. The molecule has 108 valence electrons. The number of nitrogens with zero attached hydrogens (tertiary/aromatic N) is 2. The maximum absolute atomic E-state index is 10.9. The molecule has 1 heterocycles. The van der Waals surface area contributed by atoms with E-state index >= 15 is 0 Å². The van der Waals surface area contributed by atoms with E-state index in [2.05, 4.69) is 4.98 Å². The third-order valence-corrected chi connectivity index (χ3v) is 2.88. The van der Waals surface area contributed by atoms with Crippen LogP contribution in [0.25, 0.3) is 0 Å². The molecule has 1 aromatic carbocycles. The molecular weight excluding hydrogens is 323 g/mol. The Morgan fingerprint density at radius 1 is 1.33 bits per heavy atom. The van der Waals surface area contributed by atoms with Crippen LogP contribution in [-0.2, 0) is 0 Å². The quantitative estimate of drug-likeness (QED) is 0.676. The van der Waals surface area contributed by atoms with Crippen LogP contribution in [0.3, 0.4) is 0 Å². The van der Waals surface area contributed by atoms with Crippen molar-refractivity contribution >= 4 is 34.9 Å². The lowest BCUT2D eigenvalue weighted by atomic mass is 10.2. The molecule has 7 nitrogen and oxygen atoms in total. The molecule has 0 aliphatic rings. The fourth-order valence-electron chi connectivity index (χ4n) is 1.45. The van der Waals surface area contributed by atoms with Crippen molar-refractivity contribution in [3.63, 3.8) is 0 Å². The van der Waals surface area contributed by atoms with Gasteiger partial charge in [0.2, 0.25) is 0 Å². The number of carboxylic acids is 1. The highest BCUT2D eigenvalue weighted by Crippen LogP contribution is 2.34. The van der Waals surface area contributed by atoms with Gasteiger partial charge in [0.05, 0.1) is 26.7 Å². The molecule has 0 aliphatic heterocycles. The first-order valence-electron chi connectivity index (χ1n) is 5.39. The second kappa shape index (κ2) is 5.94. The van der Waals surface area contributed by atoms with Crippen molar-refractivity contribution in [2.45, 2.75) is 0 Å². The molecule has 0 saturated carbocycles. The number of halogens is 2. The summed E-state index contributed by atoms with van der Waals surface area (Å²) < 4.78 is 5.26. The summed E-state index contributed by atoms with van der Waals surface area (Å²) in [6, 6.07) is 4.79. The first kappa shape index (κ1) is 15.0. The molecule has 9 heteroatoms. The Labute approximate surface area is 127 Å². The van der Waals surface area contributed by atoms with Crippen molar-refractivity contribution in [3.05, 3.63) is 56.2 Å². The van der Waals surface area contributed by atoms with Crippen molar-refractivity contribution in [2.24, 2.45) is 0 Å². The average molecular weight is 329 g/mol. The van der Waals surface area contributed by atoms with Crippen LogP contribution in [-0.4, -0.2) is 21.0 Å². The summed E-state index contributed by atoms with van der Waals surface area (Å²) in [5, 5.41) is 19.8. The van der Waals surface area contributed by atoms with Crippen molar-refractivity contribution in [1.82, 2.24) is 4.98 Å². The Morgan fingerprint density at radius 2 is 2.05 bits per heavy atom. The second-order valence-electron chi connectivity index (χ2n) is 3.79. The zero-order chi connectivity index (χ0) is 15.6. The zero-order valence-corrected chi connectivity index (χ0v) is 11.6. The van der Waals surface area contributed by atoms with Gasteiger partial charge in [0, 0.05) is 6.07 Å². The average Bonchev–Trinajstić information content (AvgIpc) is 2.42. The fourth-order valence-corrected chi connectivity index (χ4v) is 1.82. The van der Waals surface area contributed by atoms with E-state index < -0.39 is 16.6 Å². The minimum atomic E-state index is -1.15. The van der Waals surface area contributed by atoms with Crippen molar-refractivity contribution in [3.8, 4) is 11.6 Å². The van der Waals surface area contributed by atoms with Crippen LogP contribution >= 0.6 is 23.2 Å². The number of aromatic nitrogens is 1. The van der Waals surface area contributed by atoms with Gasteiger partial charge in [-0.05, 0) is 18.2 Å². The molecule has 0 atom stereocenters.